The van der Waals surface area contributed by atoms with Crippen molar-refractivity contribution >= 4 is 38.9 Å². The summed E-state index contributed by atoms with van der Waals surface area (Å²) in [5.41, 5.74) is 5.61. The SMILES string of the molecule is COc1ccc(CN2CCN(C3CC4(CCN(c5ccc(C(=O)NS(=O)(=O)c6cnc(NCC7(C)CCOCC7)c(N(C)[O-])c6)c(Oc6cc7c(nc6OC)CC=C7F)c5)CC4)C3)[C@H](c3ccccc3C(C)C)C2)cc1. The van der Waals surface area contributed by atoms with Crippen LogP contribution in [0.25, 0.3) is 5.83 Å². The molecule has 0 unspecified atom stereocenters. The van der Waals surface area contributed by atoms with Gasteiger partial charge in [-0.2, -0.15) is 0 Å². The van der Waals surface area contributed by atoms with E-state index in [4.69, 9.17) is 18.9 Å². The van der Waals surface area contributed by atoms with Crippen molar-refractivity contribution in [2.24, 2.45) is 10.8 Å². The first kappa shape index (κ1) is 53.1. The van der Waals surface area contributed by atoms with Crippen LogP contribution in [0, 0.1) is 16.0 Å². The summed E-state index contributed by atoms with van der Waals surface area (Å²) in [6.07, 6.45) is 8.67. The Hall–Kier alpha value is -6.31. The van der Waals surface area contributed by atoms with E-state index in [0.717, 1.165) is 95.4 Å². The summed E-state index contributed by atoms with van der Waals surface area (Å²) < 4.78 is 68.2. The van der Waals surface area contributed by atoms with Crippen LogP contribution in [0.1, 0.15) is 110 Å². The third kappa shape index (κ3) is 11.2. The molecule has 2 N–H and O–H groups in total. The molecule has 3 aliphatic heterocycles. The molecule has 10 rings (SSSR count). The van der Waals surface area contributed by atoms with Gasteiger partial charge >= 0.3 is 0 Å². The molecule has 1 spiro atoms. The maximum atomic E-state index is 15.0. The summed E-state index contributed by atoms with van der Waals surface area (Å²) in [5, 5.41) is 16.6. The first-order valence-corrected chi connectivity index (χ1v) is 28.0. The highest BCUT2D eigenvalue weighted by molar-refractivity contribution is 7.90. The molecule has 16 nitrogen and oxygen atoms in total. The largest absolute Gasteiger partial charge is 0.758 e. The number of benzene rings is 3. The monoisotopic (exact) mass is 1060 g/mol. The third-order valence-electron chi connectivity index (χ3n) is 16.5. The fraction of sp³-hybridized carbons (Fsp3) is 0.466. The minimum absolute atomic E-state index is 0.00583. The van der Waals surface area contributed by atoms with Gasteiger partial charge in [0.25, 0.3) is 21.8 Å². The summed E-state index contributed by atoms with van der Waals surface area (Å²) in [5.74, 6) is 0.213. The molecule has 3 saturated heterocycles. The number of hydrogen-bond acceptors (Lipinski definition) is 15. The van der Waals surface area contributed by atoms with E-state index in [0.29, 0.717) is 42.5 Å². The predicted molar refractivity (Wildman–Crippen MR) is 293 cm³/mol. The van der Waals surface area contributed by atoms with Crippen molar-refractivity contribution in [3.8, 4) is 23.1 Å². The van der Waals surface area contributed by atoms with Crippen molar-refractivity contribution in [1.29, 1.82) is 0 Å². The zero-order valence-corrected chi connectivity index (χ0v) is 45.3. The molecule has 404 valence electrons. The zero-order valence-electron chi connectivity index (χ0n) is 44.4. The quantitative estimate of drug-likeness (QED) is 0.0842. The number of carbonyl (C=O) groups is 1. The number of hydroxylamine groups is 1. The lowest BCUT2D eigenvalue weighted by molar-refractivity contribution is -0.0628. The highest BCUT2D eigenvalue weighted by Crippen LogP contribution is 2.54. The van der Waals surface area contributed by atoms with Crippen LogP contribution >= 0.6 is 0 Å². The number of sulfonamides is 1. The van der Waals surface area contributed by atoms with Crippen LogP contribution in [0.4, 0.5) is 21.6 Å². The Labute approximate surface area is 446 Å². The maximum Gasteiger partial charge on any atom is 0.268 e. The van der Waals surface area contributed by atoms with Gasteiger partial charge in [-0.15, -0.1) is 0 Å². The molecule has 5 heterocycles. The number of nitrogens with zero attached hydrogens (tertiary/aromatic N) is 6. The fourth-order valence-corrected chi connectivity index (χ4v) is 12.8. The Balaban J connectivity index is 0.860. The Bertz CT molecular complexity index is 3060. The number of methoxy groups -OCH3 is 2. The third-order valence-corrected chi connectivity index (χ3v) is 17.8. The normalized spacial score (nSPS) is 19.7. The topological polar surface area (TPSA) is 174 Å². The lowest BCUT2D eigenvalue weighted by Crippen LogP contribution is -2.60. The molecule has 0 radical (unpaired) electrons. The van der Waals surface area contributed by atoms with E-state index >= 15 is 4.39 Å². The van der Waals surface area contributed by atoms with Crippen molar-refractivity contribution in [3.05, 3.63) is 130 Å². The van der Waals surface area contributed by atoms with Crippen LogP contribution in [0.2, 0.25) is 0 Å². The number of hydrogen-bond donors (Lipinski definition) is 2. The number of piperidine rings is 1. The van der Waals surface area contributed by atoms with E-state index in [2.05, 4.69) is 91.9 Å². The molecule has 76 heavy (non-hydrogen) atoms. The molecular formula is C58H70FN8O8S-. The van der Waals surface area contributed by atoms with Gasteiger partial charge in [0.1, 0.15) is 28.0 Å². The van der Waals surface area contributed by atoms with Crippen LogP contribution in [0.5, 0.6) is 23.1 Å². The summed E-state index contributed by atoms with van der Waals surface area (Å²) >= 11 is 0. The van der Waals surface area contributed by atoms with Crippen molar-refractivity contribution in [3.63, 3.8) is 0 Å². The molecule has 0 bridgehead atoms. The van der Waals surface area contributed by atoms with Crippen LogP contribution < -0.4 is 34.2 Å². The first-order chi connectivity index (χ1) is 36.5. The Morgan fingerprint density at radius 3 is 2.41 bits per heavy atom. The van der Waals surface area contributed by atoms with E-state index < -0.39 is 21.8 Å². The Kier molecular flexibility index (Phi) is 15.4. The number of carbonyl (C=O) groups excluding carboxylic acids is 1. The average Bonchev–Trinajstić information content (AvgIpc) is 3.78. The molecule has 5 aromatic rings. The number of rotatable bonds is 17. The number of anilines is 3. The molecule has 4 fully saturated rings. The number of piperazine rings is 1. The second kappa shape index (κ2) is 22.0. The lowest BCUT2D eigenvalue weighted by atomic mass is 9.59. The van der Waals surface area contributed by atoms with Gasteiger partial charge in [0, 0.05) is 101 Å². The molecule has 1 saturated carbocycles. The summed E-state index contributed by atoms with van der Waals surface area (Å²) in [6.45, 7) is 13.8. The summed E-state index contributed by atoms with van der Waals surface area (Å²) in [6, 6.07) is 25.9. The number of halogens is 1. The predicted octanol–water partition coefficient (Wildman–Crippen LogP) is 9.87. The first-order valence-electron chi connectivity index (χ1n) is 26.5. The number of fused-ring (bicyclic) bond motifs is 1. The molecule has 5 aliphatic rings. The molecule has 2 aliphatic carbocycles. The number of pyridine rings is 2. The number of ether oxygens (including phenoxy) is 4. The number of amides is 1. The van der Waals surface area contributed by atoms with Crippen molar-refractivity contribution in [2.45, 2.75) is 95.2 Å². The molecule has 18 heteroatoms. The second-order valence-electron chi connectivity index (χ2n) is 21.9. The van der Waals surface area contributed by atoms with Crippen LogP contribution in [0.15, 0.2) is 96.0 Å². The summed E-state index contributed by atoms with van der Waals surface area (Å²) in [7, 11) is -0.206. The average molecular weight is 1060 g/mol. The van der Waals surface area contributed by atoms with E-state index in [1.165, 1.54) is 55.1 Å². The van der Waals surface area contributed by atoms with Gasteiger partial charge in [-0.1, -0.05) is 57.2 Å². The van der Waals surface area contributed by atoms with Gasteiger partial charge in [0.05, 0.1) is 31.2 Å². The number of allylic oxidation sites excluding steroid dienone is 1. The Morgan fingerprint density at radius 1 is 0.947 bits per heavy atom. The van der Waals surface area contributed by atoms with E-state index in [-0.39, 0.29) is 68.2 Å². The van der Waals surface area contributed by atoms with Gasteiger partial charge in [0.15, 0.2) is 5.75 Å². The number of aromatic nitrogens is 2. The number of nitrogens with one attached hydrogen (secondary N) is 2. The second-order valence-corrected chi connectivity index (χ2v) is 23.6. The smallest absolute Gasteiger partial charge is 0.268 e. The van der Waals surface area contributed by atoms with E-state index in [1.807, 2.05) is 12.1 Å². The van der Waals surface area contributed by atoms with Crippen LogP contribution in [0.3, 0.4) is 0 Å². The van der Waals surface area contributed by atoms with Gasteiger partial charge in [-0.25, -0.2) is 27.5 Å². The molecule has 3 aromatic carbocycles. The molecular weight excluding hydrogens is 988 g/mol. The van der Waals surface area contributed by atoms with Crippen molar-refractivity contribution in [2.75, 3.05) is 89.0 Å². The van der Waals surface area contributed by atoms with Crippen molar-refractivity contribution < 1.29 is 36.6 Å². The maximum absolute atomic E-state index is 15.0. The lowest BCUT2D eigenvalue weighted by Gasteiger charge is -2.58. The highest BCUT2D eigenvalue weighted by Gasteiger charge is 2.50. The molecule has 2 aromatic heterocycles. The van der Waals surface area contributed by atoms with E-state index in [1.54, 1.807) is 19.2 Å². The fourth-order valence-electron chi connectivity index (χ4n) is 11.9. The van der Waals surface area contributed by atoms with E-state index in [9.17, 15) is 18.4 Å². The van der Waals surface area contributed by atoms with Crippen LogP contribution in [-0.2, 0) is 27.7 Å². The molecule has 1 atom stereocenters. The summed E-state index contributed by atoms with van der Waals surface area (Å²) in [4.78, 5) is 30.4. The standard InChI is InChI=1S/C58H70FN8O8S/c1-38(2)44-9-7-8-10-45(44)51-36-65(35-39-11-14-42(72-5)15-12-39)25-26-67(51)41-32-58(33-41)19-23-66(24-20-58)40-13-16-46(52(29-40)75-53-31-47-48(59)17-18-49(47)62-56(53)73-6)55(68)63-76(70,71)43-30-50(64(4)69)54(60-34-43)61-37-57(3)21-27-74-28-22-57/h7-17,29-31,34,38,41,51H,18-28,32-33,35-37H2,1-6H3,(H,60,61)(H,63,68)/q-1/t51-/m0/s1. The van der Waals surface area contributed by atoms with Gasteiger partial charge in [-0.3, -0.25) is 14.6 Å². The Morgan fingerprint density at radius 2 is 1.70 bits per heavy atom. The minimum atomic E-state index is -4.58. The van der Waals surface area contributed by atoms with Crippen LogP contribution in [-0.4, -0.2) is 114 Å². The minimum Gasteiger partial charge on any atom is -0.758 e. The van der Waals surface area contributed by atoms with Gasteiger partial charge < -0.3 is 39.4 Å². The van der Waals surface area contributed by atoms with Crippen molar-refractivity contribution in [1.82, 2.24) is 24.5 Å². The highest BCUT2D eigenvalue weighted by atomic mass is 32.2. The van der Waals surface area contributed by atoms with Gasteiger partial charge in [-0.05, 0) is 121 Å². The molecule has 1 amide bonds. The van der Waals surface area contributed by atoms with Gasteiger partial charge in [0.2, 0.25) is 0 Å². The zero-order chi connectivity index (χ0) is 53.4.